The van der Waals surface area contributed by atoms with Gasteiger partial charge in [0.1, 0.15) is 12.4 Å². The van der Waals surface area contributed by atoms with E-state index < -0.39 is 17.8 Å². The zero-order valence-corrected chi connectivity index (χ0v) is 16.1. The first-order valence-electron chi connectivity index (χ1n) is 8.36. The highest BCUT2D eigenvalue weighted by molar-refractivity contribution is 7.80. The first kappa shape index (κ1) is 19.1. The van der Waals surface area contributed by atoms with Crippen LogP contribution in [0.1, 0.15) is 31.4 Å². The second-order valence-electron chi connectivity index (χ2n) is 6.25. The van der Waals surface area contributed by atoms with E-state index in [4.69, 9.17) is 33.3 Å². The first-order chi connectivity index (χ1) is 12.5. The molecule has 1 heterocycles. The van der Waals surface area contributed by atoms with Crippen molar-refractivity contribution in [1.29, 1.82) is 0 Å². The Balaban J connectivity index is 2.03. The van der Waals surface area contributed by atoms with E-state index in [0.29, 0.717) is 16.4 Å². The molecule has 1 aliphatic heterocycles. The van der Waals surface area contributed by atoms with Gasteiger partial charge in [0.15, 0.2) is 5.11 Å². The molecule has 0 spiro atoms. The van der Waals surface area contributed by atoms with Gasteiger partial charge in [-0.05, 0) is 44.1 Å². The first-order valence-corrected chi connectivity index (χ1v) is 9.14. The van der Waals surface area contributed by atoms with Gasteiger partial charge in [-0.15, -0.1) is 0 Å². The minimum absolute atomic E-state index is 0.109. The number of hydrogen-bond donors (Lipinski definition) is 1. The molecule has 1 aromatic carbocycles. The van der Waals surface area contributed by atoms with Crippen LogP contribution in [-0.4, -0.2) is 42.3 Å². The van der Waals surface area contributed by atoms with Gasteiger partial charge in [-0.2, -0.15) is 0 Å². The number of carbonyl (C=O) groups is 1. The number of nitrogens with zero attached hydrogens (tertiary/aromatic N) is 1. The van der Waals surface area contributed by atoms with Crippen LogP contribution >= 0.6 is 23.8 Å². The molecule has 3 rings (SSSR count). The van der Waals surface area contributed by atoms with Crippen molar-refractivity contribution in [2.75, 3.05) is 20.3 Å². The van der Waals surface area contributed by atoms with Crippen molar-refractivity contribution in [2.24, 2.45) is 0 Å². The molecule has 26 heavy (non-hydrogen) atoms. The van der Waals surface area contributed by atoms with Gasteiger partial charge >= 0.3 is 5.97 Å². The summed E-state index contributed by atoms with van der Waals surface area (Å²) in [6, 6.07) is 3.87. The van der Waals surface area contributed by atoms with Gasteiger partial charge in [0.2, 0.25) is 0 Å². The van der Waals surface area contributed by atoms with E-state index in [1.165, 1.54) is 19.2 Å². The Morgan fingerprint density at radius 1 is 1.42 bits per heavy atom. The van der Waals surface area contributed by atoms with E-state index in [0.717, 1.165) is 12.8 Å². The topological polar surface area (TPSA) is 50.8 Å². The van der Waals surface area contributed by atoms with Crippen LogP contribution in [0.4, 0.5) is 4.39 Å². The second kappa shape index (κ2) is 7.90. The largest absolute Gasteiger partial charge is 0.460 e. The molecular formula is C18H20ClFN2O3S. The minimum atomic E-state index is -0.804. The maximum Gasteiger partial charge on any atom is 0.338 e. The molecule has 0 aromatic heterocycles. The number of methoxy groups -OCH3 is 1. The molecule has 2 aliphatic rings. The number of thiocarbonyl (C=S) groups is 1. The lowest BCUT2D eigenvalue weighted by molar-refractivity contribution is -0.140. The van der Waals surface area contributed by atoms with Crippen LogP contribution in [0.15, 0.2) is 29.5 Å². The average molecular weight is 399 g/mol. The van der Waals surface area contributed by atoms with Crippen molar-refractivity contribution in [3.05, 3.63) is 45.9 Å². The van der Waals surface area contributed by atoms with Crippen LogP contribution < -0.4 is 5.32 Å². The molecule has 8 heteroatoms. The molecule has 1 atom stereocenters. The molecule has 1 aromatic rings. The average Bonchev–Trinajstić information content (AvgIpc) is 3.39. The lowest BCUT2D eigenvalue weighted by Gasteiger charge is -2.38. The molecule has 0 radical (unpaired) electrons. The Kier molecular flexibility index (Phi) is 5.79. The van der Waals surface area contributed by atoms with Crippen LogP contribution in [0.2, 0.25) is 5.02 Å². The third-order valence-electron chi connectivity index (χ3n) is 4.47. The zero-order chi connectivity index (χ0) is 18.8. The molecule has 1 aliphatic carbocycles. The highest BCUT2D eigenvalue weighted by Gasteiger charge is 2.42. The SMILES string of the molecule is COCCOC(=O)C1=C(C)N(C2CC2)C(=S)N[C@H]1c1c(F)cccc1Cl. The van der Waals surface area contributed by atoms with Crippen LogP contribution in [0.25, 0.3) is 0 Å². The number of ether oxygens (including phenoxy) is 2. The Morgan fingerprint density at radius 2 is 2.15 bits per heavy atom. The van der Waals surface area contributed by atoms with Crippen LogP contribution in [-0.2, 0) is 14.3 Å². The van der Waals surface area contributed by atoms with Crippen LogP contribution in [0.3, 0.4) is 0 Å². The number of esters is 1. The van der Waals surface area contributed by atoms with Gasteiger partial charge in [0, 0.05) is 29.4 Å². The Bertz CT molecular complexity index is 747. The number of rotatable bonds is 6. The summed E-state index contributed by atoms with van der Waals surface area (Å²) < 4.78 is 24.8. The molecule has 0 saturated heterocycles. The Morgan fingerprint density at radius 3 is 2.77 bits per heavy atom. The Hall–Kier alpha value is -1.70. The maximum atomic E-state index is 14.5. The van der Waals surface area contributed by atoms with Gasteiger partial charge in [0.25, 0.3) is 0 Å². The molecule has 0 unspecified atom stereocenters. The lowest BCUT2D eigenvalue weighted by Crippen LogP contribution is -2.49. The molecule has 1 N–H and O–H groups in total. The number of halogens is 2. The van der Waals surface area contributed by atoms with E-state index in [2.05, 4.69) is 5.32 Å². The highest BCUT2D eigenvalue weighted by Crippen LogP contribution is 2.40. The predicted molar refractivity (Wildman–Crippen MR) is 100 cm³/mol. The summed E-state index contributed by atoms with van der Waals surface area (Å²) in [6.45, 7) is 2.19. The van der Waals surface area contributed by atoms with Gasteiger partial charge in [0.05, 0.1) is 18.2 Å². The lowest BCUT2D eigenvalue weighted by atomic mass is 9.94. The van der Waals surface area contributed by atoms with Crippen molar-refractivity contribution in [3.63, 3.8) is 0 Å². The molecule has 0 bridgehead atoms. The van der Waals surface area contributed by atoms with Crippen LogP contribution in [0, 0.1) is 5.82 Å². The van der Waals surface area contributed by atoms with Crippen LogP contribution in [0.5, 0.6) is 0 Å². The molecule has 1 fully saturated rings. The van der Waals surface area contributed by atoms with E-state index in [1.807, 2.05) is 4.90 Å². The van der Waals surface area contributed by atoms with Gasteiger partial charge in [-0.3, -0.25) is 0 Å². The summed E-state index contributed by atoms with van der Waals surface area (Å²) in [6.07, 6.45) is 1.99. The minimum Gasteiger partial charge on any atom is -0.460 e. The van der Waals surface area contributed by atoms with Gasteiger partial charge in [-0.25, -0.2) is 9.18 Å². The summed E-state index contributed by atoms with van der Waals surface area (Å²) >= 11 is 11.7. The van der Waals surface area contributed by atoms with E-state index in [-0.39, 0.29) is 29.8 Å². The van der Waals surface area contributed by atoms with Crippen molar-refractivity contribution in [3.8, 4) is 0 Å². The molecule has 1 saturated carbocycles. The third kappa shape index (κ3) is 3.70. The highest BCUT2D eigenvalue weighted by atomic mass is 35.5. The number of allylic oxidation sites excluding steroid dienone is 1. The van der Waals surface area contributed by atoms with Crippen molar-refractivity contribution >= 4 is 34.9 Å². The summed E-state index contributed by atoms with van der Waals surface area (Å²) in [5, 5.41) is 3.76. The standard InChI is InChI=1S/C18H20ClFN2O3S/c1-10-14(17(23)25-9-8-24-2)16(15-12(19)4-3-5-13(15)20)21-18(26)22(10)11-6-7-11/h3-5,11,16H,6-9H2,1-2H3,(H,21,26)/t16-/m1/s1. The maximum absolute atomic E-state index is 14.5. The fourth-order valence-electron chi connectivity index (χ4n) is 3.09. The summed E-state index contributed by atoms with van der Waals surface area (Å²) in [7, 11) is 1.52. The summed E-state index contributed by atoms with van der Waals surface area (Å²) in [4.78, 5) is 14.7. The molecule has 0 amide bonds. The monoisotopic (exact) mass is 398 g/mol. The van der Waals surface area contributed by atoms with Crippen molar-refractivity contribution < 1.29 is 18.7 Å². The fraction of sp³-hybridized carbons (Fsp3) is 0.444. The normalized spacial score (nSPS) is 20.2. The summed E-state index contributed by atoms with van der Waals surface area (Å²) in [5.74, 6) is -1.04. The second-order valence-corrected chi connectivity index (χ2v) is 7.04. The molecule has 140 valence electrons. The van der Waals surface area contributed by atoms with Gasteiger partial charge in [-0.1, -0.05) is 17.7 Å². The zero-order valence-electron chi connectivity index (χ0n) is 14.6. The fourth-order valence-corrected chi connectivity index (χ4v) is 3.77. The number of carbonyl (C=O) groups excluding carboxylic acids is 1. The number of benzene rings is 1. The third-order valence-corrected chi connectivity index (χ3v) is 5.11. The van der Waals surface area contributed by atoms with Crippen molar-refractivity contribution in [2.45, 2.75) is 31.8 Å². The van der Waals surface area contributed by atoms with E-state index in [1.54, 1.807) is 13.0 Å². The smallest absolute Gasteiger partial charge is 0.338 e. The number of hydrogen-bond acceptors (Lipinski definition) is 4. The molecule has 5 nitrogen and oxygen atoms in total. The predicted octanol–water partition coefficient (Wildman–Crippen LogP) is 3.34. The van der Waals surface area contributed by atoms with E-state index >= 15 is 0 Å². The quantitative estimate of drug-likeness (QED) is 0.450. The summed E-state index contributed by atoms with van der Waals surface area (Å²) in [5.41, 5.74) is 1.17. The van der Waals surface area contributed by atoms with Gasteiger partial charge < -0.3 is 19.7 Å². The Labute approximate surface area is 162 Å². The number of nitrogens with one attached hydrogen (secondary N) is 1. The van der Waals surface area contributed by atoms with E-state index in [9.17, 15) is 9.18 Å². The van der Waals surface area contributed by atoms with Crippen molar-refractivity contribution in [1.82, 2.24) is 10.2 Å². The molecular weight excluding hydrogens is 379 g/mol.